The van der Waals surface area contributed by atoms with E-state index in [1.54, 1.807) is 0 Å². The predicted octanol–water partition coefficient (Wildman–Crippen LogP) is 4.17. The lowest BCUT2D eigenvalue weighted by atomic mass is 10.3. The summed E-state index contributed by atoms with van der Waals surface area (Å²) in [6.45, 7) is 0. The molecule has 2 aromatic carbocycles. The van der Waals surface area contributed by atoms with E-state index in [2.05, 4.69) is 5.11 Å². The smallest absolute Gasteiger partial charge is 0.280 e. The van der Waals surface area contributed by atoms with Gasteiger partial charge in [-0.3, -0.25) is 0 Å². The second-order valence-electron chi connectivity index (χ2n) is 3.56. The summed E-state index contributed by atoms with van der Waals surface area (Å²) in [5.74, 6) is -3.89. The van der Waals surface area contributed by atoms with Crippen molar-refractivity contribution in [3.8, 4) is 0 Å². The lowest BCUT2D eigenvalue weighted by molar-refractivity contribution is -0.437. The highest BCUT2D eigenvalue weighted by Crippen LogP contribution is 2.23. The normalized spacial score (nSPS) is 11.7. The van der Waals surface area contributed by atoms with Crippen LogP contribution in [-0.4, -0.2) is 4.86 Å². The van der Waals surface area contributed by atoms with E-state index in [1.165, 1.54) is 0 Å². The third-order valence-electron chi connectivity index (χ3n) is 2.22. The van der Waals surface area contributed by atoms with Gasteiger partial charge < -0.3 is 5.21 Å². The highest BCUT2D eigenvalue weighted by Gasteiger charge is 2.14. The molecule has 7 heteroatoms. The summed E-state index contributed by atoms with van der Waals surface area (Å²) in [5, 5.41) is 14.7. The summed E-state index contributed by atoms with van der Waals surface area (Å²) in [6.07, 6.45) is 0. The maximum absolute atomic E-state index is 13.3. The summed E-state index contributed by atoms with van der Waals surface area (Å²) in [7, 11) is 0. The molecule has 2 aromatic rings. The Kier molecular flexibility index (Phi) is 3.46. The Morgan fingerprint density at radius 2 is 1.42 bits per heavy atom. The van der Waals surface area contributed by atoms with Crippen LogP contribution in [0.15, 0.2) is 41.5 Å². The van der Waals surface area contributed by atoms with Gasteiger partial charge in [0.25, 0.3) is 5.69 Å². The molecule has 0 heterocycles. The molecule has 0 N–H and O–H groups in total. The summed E-state index contributed by atoms with van der Waals surface area (Å²) < 4.78 is 51.8. The first-order chi connectivity index (χ1) is 8.97. The molecule has 0 radical (unpaired) electrons. The van der Waals surface area contributed by atoms with Crippen LogP contribution in [0, 0.1) is 28.5 Å². The van der Waals surface area contributed by atoms with E-state index in [4.69, 9.17) is 0 Å². The van der Waals surface area contributed by atoms with E-state index < -0.39 is 34.6 Å². The topological polar surface area (TPSA) is 38.4 Å². The SMILES string of the molecule is [O-][N+](=Nc1ccc(F)cc1F)c1ccc(F)cc1F. The largest absolute Gasteiger partial charge is 0.594 e. The number of hydrogen-bond donors (Lipinski definition) is 0. The van der Waals surface area contributed by atoms with Crippen molar-refractivity contribution in [2.45, 2.75) is 0 Å². The molecule has 0 unspecified atom stereocenters. The highest BCUT2D eigenvalue weighted by atomic mass is 19.1. The number of azo groups is 1. The van der Waals surface area contributed by atoms with Crippen molar-refractivity contribution in [2.24, 2.45) is 5.11 Å². The number of halogens is 4. The summed E-state index contributed by atoms with van der Waals surface area (Å²) in [4.78, 5) is -0.203. The Morgan fingerprint density at radius 3 is 2.00 bits per heavy atom. The molecular formula is C12H6F4N2O. The van der Waals surface area contributed by atoms with Gasteiger partial charge in [-0.15, -0.1) is 0 Å². The lowest BCUT2D eigenvalue weighted by Crippen LogP contribution is -1.95. The minimum atomic E-state index is -1.14. The maximum atomic E-state index is 13.3. The zero-order valence-corrected chi connectivity index (χ0v) is 9.28. The minimum absolute atomic E-state index is 0.203. The zero-order chi connectivity index (χ0) is 14.0. The van der Waals surface area contributed by atoms with E-state index in [0.717, 1.165) is 24.3 Å². The van der Waals surface area contributed by atoms with Crippen molar-refractivity contribution >= 4 is 11.4 Å². The fourth-order valence-corrected chi connectivity index (χ4v) is 1.35. The molecule has 0 spiro atoms. The Bertz CT molecular complexity index is 658. The van der Waals surface area contributed by atoms with Gasteiger partial charge in [-0.25, -0.2) is 13.2 Å². The van der Waals surface area contributed by atoms with Crippen molar-refractivity contribution in [3.63, 3.8) is 0 Å². The number of hydrogen-bond acceptors (Lipinski definition) is 2. The molecule has 0 aliphatic carbocycles. The Hall–Kier alpha value is -2.44. The predicted molar refractivity (Wildman–Crippen MR) is 58.1 cm³/mol. The van der Waals surface area contributed by atoms with Crippen molar-refractivity contribution in [2.75, 3.05) is 0 Å². The zero-order valence-electron chi connectivity index (χ0n) is 9.28. The molecule has 0 aliphatic rings. The maximum Gasteiger partial charge on any atom is 0.280 e. The van der Waals surface area contributed by atoms with Crippen LogP contribution in [0.3, 0.4) is 0 Å². The average Bonchev–Trinajstić information content (AvgIpc) is 2.32. The van der Waals surface area contributed by atoms with Crippen molar-refractivity contribution in [3.05, 3.63) is 64.9 Å². The molecule has 0 atom stereocenters. The van der Waals surface area contributed by atoms with Crippen molar-refractivity contribution in [1.82, 2.24) is 0 Å². The first kappa shape index (κ1) is 13.0. The summed E-state index contributed by atoms with van der Waals surface area (Å²) in [5.41, 5.74) is -1.04. The van der Waals surface area contributed by atoms with E-state index >= 15 is 0 Å². The van der Waals surface area contributed by atoms with Gasteiger partial charge in [0.1, 0.15) is 11.6 Å². The quantitative estimate of drug-likeness (QED) is 0.349. The number of benzene rings is 2. The fourth-order valence-electron chi connectivity index (χ4n) is 1.35. The van der Waals surface area contributed by atoms with Gasteiger partial charge in [-0.1, -0.05) is 0 Å². The van der Waals surface area contributed by atoms with Crippen molar-refractivity contribution in [1.29, 1.82) is 0 Å². The number of nitrogens with zero attached hydrogens (tertiary/aromatic N) is 2. The van der Waals surface area contributed by atoms with E-state index in [-0.39, 0.29) is 4.86 Å². The standard InChI is InChI=1S/C12H6F4N2O/c13-7-1-3-11(9(15)5-7)17-18(19)12-4-2-8(14)6-10(12)16/h1-6H. The van der Waals surface area contributed by atoms with Gasteiger partial charge in [0, 0.05) is 23.3 Å². The summed E-state index contributed by atoms with van der Waals surface area (Å²) in [6, 6.07) is 4.58. The van der Waals surface area contributed by atoms with Crippen LogP contribution in [0.1, 0.15) is 0 Å². The van der Waals surface area contributed by atoms with Gasteiger partial charge >= 0.3 is 0 Å². The second-order valence-corrected chi connectivity index (χ2v) is 3.56. The first-order valence-corrected chi connectivity index (χ1v) is 5.06. The van der Waals surface area contributed by atoms with Crippen molar-refractivity contribution < 1.29 is 22.4 Å². The molecule has 0 aromatic heterocycles. The first-order valence-electron chi connectivity index (χ1n) is 5.06. The second kappa shape index (κ2) is 5.05. The van der Waals surface area contributed by atoms with Crippen LogP contribution >= 0.6 is 0 Å². The Morgan fingerprint density at radius 1 is 0.842 bits per heavy atom. The van der Waals surface area contributed by atoms with Crippen LogP contribution in [0.5, 0.6) is 0 Å². The van der Waals surface area contributed by atoms with E-state index in [0.29, 0.717) is 12.1 Å². The van der Waals surface area contributed by atoms with Gasteiger partial charge in [-0.2, -0.15) is 4.39 Å². The molecule has 0 saturated carbocycles. The molecule has 3 nitrogen and oxygen atoms in total. The monoisotopic (exact) mass is 270 g/mol. The van der Waals surface area contributed by atoms with Crippen LogP contribution in [0.25, 0.3) is 0 Å². The Labute approximate surface area is 105 Å². The Balaban J connectivity index is 2.42. The van der Waals surface area contributed by atoms with Crippen LogP contribution in [-0.2, 0) is 0 Å². The highest BCUT2D eigenvalue weighted by molar-refractivity contribution is 5.38. The lowest BCUT2D eigenvalue weighted by Gasteiger charge is -2.01. The molecular weight excluding hydrogens is 264 g/mol. The third-order valence-corrected chi connectivity index (χ3v) is 2.22. The molecule has 0 saturated heterocycles. The molecule has 2 rings (SSSR count). The minimum Gasteiger partial charge on any atom is -0.594 e. The van der Waals surface area contributed by atoms with Gasteiger partial charge in [0.15, 0.2) is 11.5 Å². The molecule has 98 valence electrons. The molecule has 0 fully saturated rings. The van der Waals surface area contributed by atoms with Gasteiger partial charge in [0.05, 0.1) is 0 Å². The molecule has 19 heavy (non-hydrogen) atoms. The van der Waals surface area contributed by atoms with Crippen LogP contribution in [0.2, 0.25) is 0 Å². The summed E-state index contributed by atoms with van der Waals surface area (Å²) >= 11 is 0. The van der Waals surface area contributed by atoms with Gasteiger partial charge in [0.2, 0.25) is 5.82 Å². The van der Waals surface area contributed by atoms with E-state index in [9.17, 15) is 22.8 Å². The molecule has 0 aliphatic heterocycles. The number of rotatable bonds is 2. The fraction of sp³-hybridized carbons (Fsp3) is 0. The third kappa shape index (κ3) is 2.87. The molecule has 0 amide bonds. The van der Waals surface area contributed by atoms with E-state index in [1.807, 2.05) is 0 Å². The average molecular weight is 270 g/mol. The van der Waals surface area contributed by atoms with Crippen LogP contribution in [0.4, 0.5) is 28.9 Å². The van der Waals surface area contributed by atoms with Crippen LogP contribution < -0.4 is 0 Å². The molecule has 0 bridgehead atoms. The van der Waals surface area contributed by atoms with Gasteiger partial charge in [-0.05, 0) is 23.1 Å².